The van der Waals surface area contributed by atoms with Crippen LogP contribution in [0.2, 0.25) is 10.0 Å². The Bertz CT molecular complexity index is 382. The third-order valence-corrected chi connectivity index (χ3v) is 2.82. The van der Waals surface area contributed by atoms with E-state index in [1.165, 1.54) is 0 Å². The molecule has 0 saturated heterocycles. The second kappa shape index (κ2) is 6.45. The summed E-state index contributed by atoms with van der Waals surface area (Å²) < 4.78 is 0. The van der Waals surface area contributed by atoms with Crippen LogP contribution in [0.1, 0.15) is 12.8 Å². The molecule has 6 heteroatoms. The molecule has 0 aliphatic rings. The van der Waals surface area contributed by atoms with Crippen molar-refractivity contribution in [2.45, 2.75) is 12.8 Å². The Hall–Kier alpha value is -1.13. The average molecular weight is 262 g/mol. The van der Waals surface area contributed by atoms with Crippen molar-refractivity contribution < 1.29 is 5.21 Å². The summed E-state index contributed by atoms with van der Waals surface area (Å²) in [4.78, 5) is 0. The van der Waals surface area contributed by atoms with E-state index in [2.05, 4.69) is 10.5 Å². The standard InChI is InChI=1S/C10H13Cl2N3O/c11-7-3-1-4-8(10(7)12)14-6-2-5-9(13)15-16/h1,3-4,14,16H,2,5-6H2,(H2,13,15). The van der Waals surface area contributed by atoms with Crippen molar-refractivity contribution in [2.75, 3.05) is 11.9 Å². The van der Waals surface area contributed by atoms with Crippen LogP contribution in [-0.4, -0.2) is 17.6 Å². The third kappa shape index (κ3) is 3.79. The van der Waals surface area contributed by atoms with Crippen molar-refractivity contribution in [3.63, 3.8) is 0 Å². The Kier molecular flexibility index (Phi) is 5.22. The number of benzene rings is 1. The van der Waals surface area contributed by atoms with Gasteiger partial charge in [0.2, 0.25) is 0 Å². The van der Waals surface area contributed by atoms with E-state index in [4.69, 9.17) is 34.1 Å². The number of hydrogen-bond donors (Lipinski definition) is 3. The fourth-order valence-electron chi connectivity index (χ4n) is 1.18. The lowest BCUT2D eigenvalue weighted by atomic mass is 10.2. The van der Waals surface area contributed by atoms with Crippen LogP contribution in [0.3, 0.4) is 0 Å². The smallest absolute Gasteiger partial charge is 0.139 e. The quantitative estimate of drug-likeness (QED) is 0.251. The highest BCUT2D eigenvalue weighted by Crippen LogP contribution is 2.29. The fourth-order valence-corrected chi connectivity index (χ4v) is 1.55. The molecule has 88 valence electrons. The third-order valence-electron chi connectivity index (χ3n) is 2.01. The van der Waals surface area contributed by atoms with E-state index in [0.29, 0.717) is 23.0 Å². The normalized spacial score (nSPS) is 11.5. The van der Waals surface area contributed by atoms with Gasteiger partial charge in [0, 0.05) is 13.0 Å². The topological polar surface area (TPSA) is 70.6 Å². The highest BCUT2D eigenvalue weighted by atomic mass is 35.5. The molecule has 0 bridgehead atoms. The van der Waals surface area contributed by atoms with Gasteiger partial charge < -0.3 is 16.3 Å². The van der Waals surface area contributed by atoms with Crippen molar-refractivity contribution in [1.29, 1.82) is 0 Å². The minimum absolute atomic E-state index is 0.221. The molecule has 0 aromatic heterocycles. The van der Waals surface area contributed by atoms with Gasteiger partial charge in [0.25, 0.3) is 0 Å². The van der Waals surface area contributed by atoms with Gasteiger partial charge >= 0.3 is 0 Å². The van der Waals surface area contributed by atoms with Crippen LogP contribution in [0, 0.1) is 0 Å². The Morgan fingerprint density at radius 2 is 2.19 bits per heavy atom. The molecule has 0 saturated carbocycles. The Balaban J connectivity index is 2.41. The van der Waals surface area contributed by atoms with E-state index in [-0.39, 0.29) is 5.84 Å². The van der Waals surface area contributed by atoms with E-state index in [1.54, 1.807) is 6.07 Å². The summed E-state index contributed by atoms with van der Waals surface area (Å²) in [5.41, 5.74) is 6.12. The van der Waals surface area contributed by atoms with E-state index in [9.17, 15) is 0 Å². The molecular weight excluding hydrogens is 249 g/mol. The maximum Gasteiger partial charge on any atom is 0.139 e. The predicted molar refractivity (Wildman–Crippen MR) is 67.6 cm³/mol. The molecule has 0 amide bonds. The molecule has 0 heterocycles. The van der Waals surface area contributed by atoms with E-state index in [1.807, 2.05) is 12.1 Å². The number of nitrogens with zero attached hydrogens (tertiary/aromatic N) is 1. The second-order valence-electron chi connectivity index (χ2n) is 3.22. The number of anilines is 1. The minimum Gasteiger partial charge on any atom is -0.409 e. The van der Waals surface area contributed by atoms with Gasteiger partial charge in [0.1, 0.15) is 5.84 Å². The molecule has 1 rings (SSSR count). The van der Waals surface area contributed by atoms with Crippen molar-refractivity contribution >= 4 is 34.7 Å². The summed E-state index contributed by atoms with van der Waals surface area (Å²) in [6.07, 6.45) is 1.28. The molecular formula is C10H13Cl2N3O. The summed E-state index contributed by atoms with van der Waals surface area (Å²) in [7, 11) is 0. The number of halogens is 2. The number of nitrogens with one attached hydrogen (secondary N) is 1. The van der Waals surface area contributed by atoms with Gasteiger partial charge in [-0.1, -0.05) is 34.4 Å². The first-order chi connectivity index (χ1) is 7.65. The zero-order valence-corrected chi connectivity index (χ0v) is 10.1. The molecule has 4 nitrogen and oxygen atoms in total. The predicted octanol–water partition coefficient (Wildman–Crippen LogP) is 2.93. The molecule has 1 aromatic rings. The highest BCUT2D eigenvalue weighted by Gasteiger charge is 2.03. The first kappa shape index (κ1) is 12.9. The van der Waals surface area contributed by atoms with Gasteiger partial charge in [-0.2, -0.15) is 0 Å². The van der Waals surface area contributed by atoms with Crippen molar-refractivity contribution in [1.82, 2.24) is 0 Å². The number of nitrogens with two attached hydrogens (primary N) is 1. The SMILES string of the molecule is NC(CCCNc1cccc(Cl)c1Cl)=NO. The van der Waals surface area contributed by atoms with Gasteiger partial charge in [-0.3, -0.25) is 0 Å². The maximum absolute atomic E-state index is 8.34. The first-order valence-corrected chi connectivity index (χ1v) is 5.55. The molecule has 16 heavy (non-hydrogen) atoms. The van der Waals surface area contributed by atoms with Gasteiger partial charge in [0.05, 0.1) is 15.7 Å². The lowest BCUT2D eigenvalue weighted by Crippen LogP contribution is -2.13. The van der Waals surface area contributed by atoms with Gasteiger partial charge in [0.15, 0.2) is 0 Å². The van der Waals surface area contributed by atoms with Crippen LogP contribution < -0.4 is 11.1 Å². The van der Waals surface area contributed by atoms with Crippen LogP contribution in [0.5, 0.6) is 0 Å². The second-order valence-corrected chi connectivity index (χ2v) is 4.01. The summed E-state index contributed by atoms with van der Waals surface area (Å²) >= 11 is 11.8. The number of hydrogen-bond acceptors (Lipinski definition) is 3. The van der Waals surface area contributed by atoms with Gasteiger partial charge in [-0.15, -0.1) is 0 Å². The highest BCUT2D eigenvalue weighted by molar-refractivity contribution is 6.43. The molecule has 0 aliphatic heterocycles. The lowest BCUT2D eigenvalue weighted by Gasteiger charge is -2.08. The molecule has 0 unspecified atom stereocenters. The van der Waals surface area contributed by atoms with Crippen molar-refractivity contribution in [3.8, 4) is 0 Å². The largest absolute Gasteiger partial charge is 0.409 e. The summed E-state index contributed by atoms with van der Waals surface area (Å²) in [5.74, 6) is 0.221. The molecule has 0 spiro atoms. The summed E-state index contributed by atoms with van der Waals surface area (Å²) in [5, 5.41) is 15.4. The minimum atomic E-state index is 0.221. The van der Waals surface area contributed by atoms with Crippen molar-refractivity contribution in [2.24, 2.45) is 10.9 Å². The maximum atomic E-state index is 8.34. The number of oxime groups is 1. The molecule has 0 atom stereocenters. The lowest BCUT2D eigenvalue weighted by molar-refractivity contribution is 0.316. The molecule has 0 radical (unpaired) electrons. The van der Waals surface area contributed by atoms with Crippen molar-refractivity contribution in [3.05, 3.63) is 28.2 Å². The molecule has 0 aliphatic carbocycles. The zero-order chi connectivity index (χ0) is 12.0. The monoisotopic (exact) mass is 261 g/mol. The van der Waals surface area contributed by atoms with Crippen LogP contribution in [0.4, 0.5) is 5.69 Å². The Morgan fingerprint density at radius 3 is 2.88 bits per heavy atom. The molecule has 0 fully saturated rings. The average Bonchev–Trinajstić information content (AvgIpc) is 2.29. The van der Waals surface area contributed by atoms with E-state index in [0.717, 1.165) is 12.1 Å². The Labute approximate surface area is 104 Å². The molecule has 4 N–H and O–H groups in total. The van der Waals surface area contributed by atoms with Gasteiger partial charge in [-0.25, -0.2) is 0 Å². The zero-order valence-electron chi connectivity index (χ0n) is 8.58. The number of rotatable bonds is 5. The molecule has 1 aromatic carbocycles. The van der Waals surface area contributed by atoms with Crippen LogP contribution in [0.25, 0.3) is 0 Å². The van der Waals surface area contributed by atoms with Gasteiger partial charge in [-0.05, 0) is 18.6 Å². The summed E-state index contributed by atoms with van der Waals surface area (Å²) in [6.45, 7) is 0.677. The van der Waals surface area contributed by atoms with Crippen LogP contribution >= 0.6 is 23.2 Å². The van der Waals surface area contributed by atoms with Crippen LogP contribution in [-0.2, 0) is 0 Å². The first-order valence-electron chi connectivity index (χ1n) is 4.79. The van der Waals surface area contributed by atoms with E-state index >= 15 is 0 Å². The number of amidine groups is 1. The van der Waals surface area contributed by atoms with Crippen LogP contribution in [0.15, 0.2) is 23.4 Å². The Morgan fingerprint density at radius 1 is 1.44 bits per heavy atom. The summed E-state index contributed by atoms with van der Waals surface area (Å²) in [6, 6.07) is 5.39. The van der Waals surface area contributed by atoms with E-state index < -0.39 is 0 Å². The fraction of sp³-hybridized carbons (Fsp3) is 0.300.